The molecular formula is C17H18N2O3S. The third-order valence-electron chi connectivity index (χ3n) is 4.06. The van der Waals surface area contributed by atoms with Crippen LogP contribution in [0.25, 0.3) is 6.08 Å². The van der Waals surface area contributed by atoms with Crippen molar-refractivity contribution < 1.29 is 14.4 Å². The van der Waals surface area contributed by atoms with E-state index >= 15 is 0 Å². The molecule has 0 bridgehead atoms. The standard InChI is InChI=1S/C17H18N2O3S/c20-15-14(11-13-7-4-10-23-13)16(21)19(17(22)18-15)9-8-12-5-2-1-3-6-12/h4-5,7,10-11H,1-3,6,8-9H2,(H,18,20,22)/b14-11+. The van der Waals surface area contributed by atoms with Crippen LogP contribution < -0.4 is 5.32 Å². The molecule has 2 heterocycles. The fourth-order valence-corrected chi connectivity index (χ4v) is 3.46. The molecular weight excluding hydrogens is 312 g/mol. The lowest BCUT2D eigenvalue weighted by Gasteiger charge is -2.27. The summed E-state index contributed by atoms with van der Waals surface area (Å²) in [6, 6.07) is 3.05. The van der Waals surface area contributed by atoms with Gasteiger partial charge in [-0.2, -0.15) is 0 Å². The van der Waals surface area contributed by atoms with Crippen molar-refractivity contribution in [2.75, 3.05) is 6.54 Å². The van der Waals surface area contributed by atoms with Crippen molar-refractivity contribution in [3.05, 3.63) is 39.6 Å². The molecule has 0 atom stereocenters. The number of nitrogens with one attached hydrogen (secondary N) is 1. The maximum absolute atomic E-state index is 12.5. The third-order valence-corrected chi connectivity index (χ3v) is 4.88. The summed E-state index contributed by atoms with van der Waals surface area (Å²) in [5, 5.41) is 4.13. The van der Waals surface area contributed by atoms with Gasteiger partial charge < -0.3 is 0 Å². The molecule has 1 aliphatic heterocycles. The van der Waals surface area contributed by atoms with Gasteiger partial charge in [-0.05, 0) is 49.6 Å². The number of hydrogen-bond donors (Lipinski definition) is 1. The Hall–Kier alpha value is -2.21. The average molecular weight is 330 g/mol. The summed E-state index contributed by atoms with van der Waals surface area (Å²) in [6.45, 7) is 0.311. The number of hydrogen-bond acceptors (Lipinski definition) is 4. The molecule has 1 N–H and O–H groups in total. The van der Waals surface area contributed by atoms with Crippen molar-refractivity contribution in [3.63, 3.8) is 0 Å². The molecule has 1 aliphatic carbocycles. The summed E-state index contributed by atoms with van der Waals surface area (Å²) in [5.41, 5.74) is 1.31. The smallest absolute Gasteiger partial charge is 0.273 e. The zero-order valence-corrected chi connectivity index (χ0v) is 13.5. The fourth-order valence-electron chi connectivity index (χ4n) is 2.80. The Kier molecular flexibility index (Phi) is 4.71. The quantitative estimate of drug-likeness (QED) is 0.524. The maximum Gasteiger partial charge on any atom is 0.331 e. The molecule has 0 spiro atoms. The first-order chi connectivity index (χ1) is 11.1. The van der Waals surface area contributed by atoms with Gasteiger partial charge in [0.25, 0.3) is 11.8 Å². The van der Waals surface area contributed by atoms with E-state index in [4.69, 9.17) is 0 Å². The molecule has 0 saturated carbocycles. The van der Waals surface area contributed by atoms with Crippen molar-refractivity contribution in [1.29, 1.82) is 0 Å². The van der Waals surface area contributed by atoms with Crippen LogP contribution >= 0.6 is 11.3 Å². The maximum atomic E-state index is 12.5. The van der Waals surface area contributed by atoms with Gasteiger partial charge in [-0.15, -0.1) is 11.3 Å². The van der Waals surface area contributed by atoms with Crippen LogP contribution in [-0.2, 0) is 9.59 Å². The predicted octanol–water partition coefficient (Wildman–Crippen LogP) is 3.10. The summed E-state index contributed by atoms with van der Waals surface area (Å²) in [4.78, 5) is 38.4. The van der Waals surface area contributed by atoms with E-state index in [9.17, 15) is 14.4 Å². The van der Waals surface area contributed by atoms with E-state index < -0.39 is 17.8 Å². The van der Waals surface area contributed by atoms with Crippen molar-refractivity contribution in [2.45, 2.75) is 32.1 Å². The van der Waals surface area contributed by atoms with Gasteiger partial charge >= 0.3 is 6.03 Å². The highest BCUT2D eigenvalue weighted by Crippen LogP contribution is 2.22. The Morgan fingerprint density at radius 3 is 2.83 bits per heavy atom. The van der Waals surface area contributed by atoms with Crippen molar-refractivity contribution >= 4 is 35.3 Å². The highest BCUT2D eigenvalue weighted by Gasteiger charge is 2.35. The van der Waals surface area contributed by atoms with Crippen LogP contribution in [0.3, 0.4) is 0 Å². The minimum Gasteiger partial charge on any atom is -0.273 e. The lowest BCUT2D eigenvalue weighted by Crippen LogP contribution is -2.54. The molecule has 120 valence electrons. The average Bonchev–Trinajstić information content (AvgIpc) is 3.05. The van der Waals surface area contributed by atoms with Crippen LogP contribution in [0, 0.1) is 0 Å². The molecule has 23 heavy (non-hydrogen) atoms. The number of thiophene rings is 1. The van der Waals surface area contributed by atoms with E-state index in [0.29, 0.717) is 13.0 Å². The summed E-state index contributed by atoms with van der Waals surface area (Å²) in [5.74, 6) is -1.13. The second kappa shape index (κ2) is 6.91. The van der Waals surface area contributed by atoms with E-state index in [0.717, 1.165) is 29.0 Å². The third kappa shape index (κ3) is 3.59. The largest absolute Gasteiger partial charge is 0.331 e. The van der Waals surface area contributed by atoms with Crippen molar-refractivity contribution in [2.24, 2.45) is 0 Å². The second-order valence-electron chi connectivity index (χ2n) is 5.65. The highest BCUT2D eigenvalue weighted by atomic mass is 32.1. The number of nitrogens with zero attached hydrogens (tertiary/aromatic N) is 1. The number of carbonyl (C=O) groups excluding carboxylic acids is 3. The molecule has 5 nitrogen and oxygen atoms in total. The zero-order chi connectivity index (χ0) is 16.2. The summed E-state index contributed by atoms with van der Waals surface area (Å²) < 4.78 is 0. The Bertz CT molecular complexity index is 689. The molecule has 0 aromatic carbocycles. The molecule has 1 aromatic heterocycles. The van der Waals surface area contributed by atoms with Gasteiger partial charge in [0.1, 0.15) is 5.57 Å². The first-order valence-corrected chi connectivity index (χ1v) is 8.63. The van der Waals surface area contributed by atoms with Gasteiger partial charge in [-0.25, -0.2) is 4.79 Å². The Morgan fingerprint density at radius 1 is 1.26 bits per heavy atom. The molecule has 6 heteroatoms. The van der Waals surface area contributed by atoms with Crippen molar-refractivity contribution in [1.82, 2.24) is 10.2 Å². The minimum absolute atomic E-state index is 0.0182. The number of imide groups is 2. The highest BCUT2D eigenvalue weighted by molar-refractivity contribution is 7.10. The van der Waals surface area contributed by atoms with Gasteiger partial charge in [-0.1, -0.05) is 17.7 Å². The van der Waals surface area contributed by atoms with Crippen LogP contribution in [-0.4, -0.2) is 29.3 Å². The predicted molar refractivity (Wildman–Crippen MR) is 88.7 cm³/mol. The van der Waals surface area contributed by atoms with E-state index in [1.807, 2.05) is 17.5 Å². The molecule has 1 fully saturated rings. The number of urea groups is 1. The Balaban J connectivity index is 1.74. The van der Waals surface area contributed by atoms with Gasteiger partial charge in [0.2, 0.25) is 0 Å². The van der Waals surface area contributed by atoms with E-state index in [-0.39, 0.29) is 5.57 Å². The van der Waals surface area contributed by atoms with Gasteiger partial charge in [0.05, 0.1) is 0 Å². The van der Waals surface area contributed by atoms with Gasteiger partial charge in [0.15, 0.2) is 0 Å². The number of amides is 4. The topological polar surface area (TPSA) is 66.5 Å². The fraction of sp³-hybridized carbons (Fsp3) is 0.353. The number of barbiturate groups is 1. The van der Waals surface area contributed by atoms with Crippen molar-refractivity contribution in [3.8, 4) is 0 Å². The molecule has 3 rings (SSSR count). The molecule has 1 saturated heterocycles. The first kappa shape index (κ1) is 15.7. The molecule has 1 aromatic rings. The van der Waals surface area contributed by atoms with E-state index in [1.165, 1.54) is 23.3 Å². The molecule has 0 radical (unpaired) electrons. The molecule has 2 aliphatic rings. The first-order valence-electron chi connectivity index (χ1n) is 7.75. The summed E-state index contributed by atoms with van der Waals surface area (Å²) in [7, 11) is 0. The number of allylic oxidation sites excluding steroid dienone is 1. The Morgan fingerprint density at radius 2 is 2.13 bits per heavy atom. The van der Waals surface area contributed by atoms with Crippen LogP contribution in [0.4, 0.5) is 4.79 Å². The monoisotopic (exact) mass is 330 g/mol. The summed E-state index contributed by atoms with van der Waals surface area (Å²) in [6.07, 6.45) is 8.88. The van der Waals surface area contributed by atoms with E-state index in [2.05, 4.69) is 11.4 Å². The van der Waals surface area contributed by atoms with Crippen LogP contribution in [0.2, 0.25) is 0 Å². The lowest BCUT2D eigenvalue weighted by molar-refractivity contribution is -0.130. The van der Waals surface area contributed by atoms with Crippen LogP contribution in [0.15, 0.2) is 34.7 Å². The van der Waals surface area contributed by atoms with Gasteiger partial charge in [0, 0.05) is 11.4 Å². The number of rotatable bonds is 4. The van der Waals surface area contributed by atoms with Crippen LogP contribution in [0.1, 0.15) is 37.0 Å². The normalized spacial score (nSPS) is 20.7. The molecule has 0 unspecified atom stereocenters. The Labute approximate surface area is 138 Å². The molecule has 4 amide bonds. The van der Waals surface area contributed by atoms with E-state index in [1.54, 1.807) is 6.08 Å². The van der Waals surface area contributed by atoms with Crippen LogP contribution in [0.5, 0.6) is 0 Å². The summed E-state index contributed by atoms with van der Waals surface area (Å²) >= 11 is 1.44. The zero-order valence-electron chi connectivity index (χ0n) is 12.7. The lowest BCUT2D eigenvalue weighted by atomic mass is 9.97. The van der Waals surface area contributed by atoms with Gasteiger partial charge in [-0.3, -0.25) is 19.8 Å². The number of carbonyl (C=O) groups is 3. The minimum atomic E-state index is -0.625. The second-order valence-corrected chi connectivity index (χ2v) is 6.63. The SMILES string of the molecule is O=C1NC(=O)N(CCC2=CCCCC2)C(=O)/C1=C/c1cccs1.